The number of benzene rings is 1. The maximum atomic E-state index is 12.6. The number of likely N-dealkylation sites (tertiary alicyclic amines) is 1. The predicted molar refractivity (Wildman–Crippen MR) is 90.3 cm³/mol. The summed E-state index contributed by atoms with van der Waals surface area (Å²) in [4.78, 5) is 29.6. The highest BCUT2D eigenvalue weighted by atomic mass is 16.4. The number of pyridine rings is 1. The average molecular weight is 324 g/mol. The number of carboxylic acids is 1. The first-order valence-electron chi connectivity index (χ1n) is 8.11. The van der Waals surface area contributed by atoms with Gasteiger partial charge >= 0.3 is 5.97 Å². The van der Waals surface area contributed by atoms with Gasteiger partial charge in [-0.05, 0) is 43.4 Å². The van der Waals surface area contributed by atoms with Crippen LogP contribution in [-0.2, 0) is 0 Å². The van der Waals surface area contributed by atoms with Gasteiger partial charge in [0.15, 0.2) is 0 Å². The van der Waals surface area contributed by atoms with Crippen molar-refractivity contribution in [3.63, 3.8) is 0 Å². The van der Waals surface area contributed by atoms with Crippen molar-refractivity contribution in [2.24, 2.45) is 0 Å². The number of carbonyl (C=O) groups is 2. The minimum atomic E-state index is -1.03. The second-order valence-electron chi connectivity index (χ2n) is 6.11. The fraction of sp³-hybridized carbons (Fsp3) is 0.316. The molecule has 2 heterocycles. The van der Waals surface area contributed by atoms with Crippen molar-refractivity contribution in [3.8, 4) is 0 Å². The Morgan fingerprint density at radius 1 is 1.08 bits per heavy atom. The van der Waals surface area contributed by atoms with Crippen LogP contribution in [0.2, 0.25) is 0 Å². The maximum Gasteiger partial charge on any atom is 0.337 e. The molecule has 5 nitrogen and oxygen atoms in total. The van der Waals surface area contributed by atoms with Gasteiger partial charge in [0.25, 0.3) is 5.91 Å². The van der Waals surface area contributed by atoms with Gasteiger partial charge in [0.2, 0.25) is 0 Å². The summed E-state index contributed by atoms with van der Waals surface area (Å²) in [7, 11) is 0. The standard InChI is InChI=1S/C19H20N2O3/c1-13-16(19(23)24)7-8-17(20-13)18(22)21-11-9-15(10-12-21)14-5-3-2-4-6-14/h2-8,15H,9-12H2,1H3,(H,23,24). The highest BCUT2D eigenvalue weighted by Gasteiger charge is 2.25. The fourth-order valence-electron chi connectivity index (χ4n) is 3.21. The number of amides is 1. The minimum Gasteiger partial charge on any atom is -0.478 e. The van der Waals surface area contributed by atoms with Crippen LogP contribution in [0.5, 0.6) is 0 Å². The quantitative estimate of drug-likeness (QED) is 0.942. The van der Waals surface area contributed by atoms with E-state index in [1.807, 2.05) is 23.1 Å². The lowest BCUT2D eigenvalue weighted by Crippen LogP contribution is -2.38. The number of hydrogen-bond donors (Lipinski definition) is 1. The lowest BCUT2D eigenvalue weighted by molar-refractivity contribution is 0.0684. The summed E-state index contributed by atoms with van der Waals surface area (Å²) in [5.41, 5.74) is 2.14. The molecule has 0 aliphatic carbocycles. The van der Waals surface area contributed by atoms with Gasteiger partial charge in [-0.15, -0.1) is 0 Å². The molecule has 1 aromatic carbocycles. The molecule has 0 unspecified atom stereocenters. The van der Waals surface area contributed by atoms with Gasteiger partial charge in [0.05, 0.1) is 11.3 Å². The molecule has 1 saturated heterocycles. The van der Waals surface area contributed by atoms with E-state index in [0.717, 1.165) is 12.8 Å². The lowest BCUT2D eigenvalue weighted by Gasteiger charge is -2.32. The Bertz CT molecular complexity index is 750. The molecule has 0 atom stereocenters. The Morgan fingerprint density at radius 3 is 2.33 bits per heavy atom. The van der Waals surface area contributed by atoms with Crippen molar-refractivity contribution < 1.29 is 14.7 Å². The number of hydrogen-bond acceptors (Lipinski definition) is 3. The molecule has 1 aromatic heterocycles. The lowest BCUT2D eigenvalue weighted by atomic mass is 9.89. The number of carbonyl (C=O) groups excluding carboxylic acids is 1. The molecule has 2 aromatic rings. The molecular formula is C19H20N2O3. The highest BCUT2D eigenvalue weighted by molar-refractivity contribution is 5.94. The van der Waals surface area contributed by atoms with Crippen molar-refractivity contribution in [3.05, 3.63) is 65.0 Å². The molecule has 3 rings (SSSR count). The molecule has 0 bridgehead atoms. The zero-order chi connectivity index (χ0) is 17.1. The van der Waals surface area contributed by atoms with E-state index in [-0.39, 0.29) is 11.5 Å². The van der Waals surface area contributed by atoms with Crippen LogP contribution in [0.3, 0.4) is 0 Å². The summed E-state index contributed by atoms with van der Waals surface area (Å²) < 4.78 is 0. The fourth-order valence-corrected chi connectivity index (χ4v) is 3.21. The van der Waals surface area contributed by atoms with E-state index in [4.69, 9.17) is 5.11 Å². The van der Waals surface area contributed by atoms with Gasteiger partial charge in [0.1, 0.15) is 5.69 Å². The van der Waals surface area contributed by atoms with Crippen molar-refractivity contribution in [2.45, 2.75) is 25.7 Å². The number of carboxylic acid groups (broad SMARTS) is 1. The Morgan fingerprint density at radius 2 is 1.75 bits per heavy atom. The van der Waals surface area contributed by atoms with Crippen LogP contribution in [0.15, 0.2) is 42.5 Å². The summed E-state index contributed by atoms with van der Waals surface area (Å²) in [5.74, 6) is -0.663. The van der Waals surface area contributed by atoms with Crippen LogP contribution in [0.25, 0.3) is 0 Å². The Balaban J connectivity index is 1.67. The van der Waals surface area contributed by atoms with Gasteiger partial charge in [-0.1, -0.05) is 30.3 Å². The van der Waals surface area contributed by atoms with E-state index in [2.05, 4.69) is 17.1 Å². The van der Waals surface area contributed by atoms with Crippen molar-refractivity contribution in [1.29, 1.82) is 0 Å². The van der Waals surface area contributed by atoms with Crippen LogP contribution in [-0.4, -0.2) is 40.0 Å². The molecule has 5 heteroatoms. The summed E-state index contributed by atoms with van der Waals surface area (Å²) in [6.45, 7) is 3.00. The molecule has 0 radical (unpaired) electrons. The smallest absolute Gasteiger partial charge is 0.337 e. The SMILES string of the molecule is Cc1nc(C(=O)N2CCC(c3ccccc3)CC2)ccc1C(=O)O. The number of rotatable bonds is 3. The molecule has 0 saturated carbocycles. The van der Waals surface area contributed by atoms with Gasteiger partial charge < -0.3 is 10.0 Å². The van der Waals surface area contributed by atoms with Crippen LogP contribution >= 0.6 is 0 Å². The van der Waals surface area contributed by atoms with E-state index < -0.39 is 5.97 Å². The van der Waals surface area contributed by atoms with Crippen molar-refractivity contribution in [1.82, 2.24) is 9.88 Å². The second kappa shape index (κ2) is 6.83. The topological polar surface area (TPSA) is 70.5 Å². The van der Waals surface area contributed by atoms with Gasteiger partial charge in [-0.3, -0.25) is 4.79 Å². The van der Waals surface area contributed by atoms with Gasteiger partial charge in [-0.2, -0.15) is 0 Å². The van der Waals surface area contributed by atoms with E-state index in [9.17, 15) is 9.59 Å². The summed E-state index contributed by atoms with van der Waals surface area (Å²) >= 11 is 0. The maximum absolute atomic E-state index is 12.6. The van der Waals surface area contributed by atoms with Crippen LogP contribution < -0.4 is 0 Å². The molecule has 24 heavy (non-hydrogen) atoms. The molecule has 1 N–H and O–H groups in total. The second-order valence-corrected chi connectivity index (χ2v) is 6.11. The Kier molecular flexibility index (Phi) is 4.60. The third-order valence-corrected chi connectivity index (χ3v) is 4.59. The van der Waals surface area contributed by atoms with E-state index in [1.165, 1.54) is 17.7 Å². The molecule has 1 aliphatic rings. The summed E-state index contributed by atoms with van der Waals surface area (Å²) in [6, 6.07) is 13.3. The van der Waals surface area contributed by atoms with Crippen molar-refractivity contribution in [2.75, 3.05) is 13.1 Å². The molecule has 1 fully saturated rings. The van der Waals surface area contributed by atoms with E-state index in [1.54, 1.807) is 6.92 Å². The highest BCUT2D eigenvalue weighted by Crippen LogP contribution is 2.28. The first-order valence-corrected chi connectivity index (χ1v) is 8.11. The molecular weight excluding hydrogens is 304 g/mol. The van der Waals surface area contributed by atoms with Crippen LogP contribution in [0, 0.1) is 6.92 Å². The number of piperidine rings is 1. The first-order chi connectivity index (χ1) is 11.6. The Labute approximate surface area is 140 Å². The van der Waals surface area contributed by atoms with E-state index >= 15 is 0 Å². The summed E-state index contributed by atoms with van der Waals surface area (Å²) in [6.07, 6.45) is 1.86. The number of nitrogens with zero attached hydrogens (tertiary/aromatic N) is 2. The monoisotopic (exact) mass is 324 g/mol. The van der Waals surface area contributed by atoms with Crippen LogP contribution in [0.4, 0.5) is 0 Å². The molecule has 1 amide bonds. The average Bonchev–Trinajstić information content (AvgIpc) is 2.61. The van der Waals surface area contributed by atoms with Crippen molar-refractivity contribution >= 4 is 11.9 Å². The third-order valence-electron chi connectivity index (χ3n) is 4.59. The Hall–Kier alpha value is -2.69. The van der Waals surface area contributed by atoms with Gasteiger partial charge in [0, 0.05) is 13.1 Å². The third kappa shape index (κ3) is 3.30. The number of aryl methyl sites for hydroxylation is 1. The van der Waals surface area contributed by atoms with E-state index in [0.29, 0.717) is 30.4 Å². The molecule has 0 spiro atoms. The molecule has 124 valence electrons. The number of aromatic carboxylic acids is 1. The zero-order valence-corrected chi connectivity index (χ0v) is 13.6. The summed E-state index contributed by atoms with van der Waals surface area (Å²) in [5, 5.41) is 9.05. The molecule has 1 aliphatic heterocycles. The van der Waals surface area contributed by atoms with Gasteiger partial charge in [-0.25, -0.2) is 9.78 Å². The first kappa shape index (κ1) is 16.2. The van der Waals surface area contributed by atoms with Crippen LogP contribution in [0.1, 0.15) is 50.9 Å². The largest absolute Gasteiger partial charge is 0.478 e. The predicted octanol–water partition coefficient (Wildman–Crippen LogP) is 3.11. The number of aromatic nitrogens is 1. The zero-order valence-electron chi connectivity index (χ0n) is 13.6. The normalized spacial score (nSPS) is 15.3. The minimum absolute atomic E-state index is 0.124.